The summed E-state index contributed by atoms with van der Waals surface area (Å²) in [7, 11) is 1.16. The van der Waals surface area contributed by atoms with Crippen molar-refractivity contribution in [1.29, 1.82) is 0 Å². The maximum Gasteiger partial charge on any atom is 0.419 e. The number of alkyl halides is 3. The van der Waals surface area contributed by atoms with Crippen LogP contribution in [0.2, 0.25) is 0 Å². The molecule has 0 spiro atoms. The van der Waals surface area contributed by atoms with Gasteiger partial charge >= 0.3 is 6.18 Å². The zero-order chi connectivity index (χ0) is 13.2. The molecular weight excluding hydrogens is 235 g/mol. The van der Waals surface area contributed by atoms with Crippen LogP contribution in [0.1, 0.15) is 24.2 Å². The van der Waals surface area contributed by atoms with Crippen LogP contribution >= 0.6 is 0 Å². The van der Waals surface area contributed by atoms with E-state index in [-0.39, 0.29) is 11.3 Å². The molecule has 0 aliphatic rings. The van der Waals surface area contributed by atoms with Crippen LogP contribution in [0.5, 0.6) is 5.75 Å². The summed E-state index contributed by atoms with van der Waals surface area (Å²) in [5, 5.41) is 9.62. The van der Waals surface area contributed by atoms with Crippen LogP contribution in [0.4, 0.5) is 13.2 Å². The molecule has 1 aromatic rings. The van der Waals surface area contributed by atoms with E-state index in [9.17, 15) is 18.3 Å². The lowest BCUT2D eigenvalue weighted by Crippen LogP contribution is -2.24. The van der Waals surface area contributed by atoms with E-state index in [1.165, 1.54) is 19.1 Å². The second kappa shape index (κ2) is 4.93. The van der Waals surface area contributed by atoms with Gasteiger partial charge in [-0.05, 0) is 24.6 Å². The van der Waals surface area contributed by atoms with Crippen molar-refractivity contribution in [2.24, 2.45) is 5.73 Å². The second-order valence-corrected chi connectivity index (χ2v) is 3.76. The number of hydrogen-bond acceptors (Lipinski definition) is 3. The molecular formula is C11H14F3NO2. The first-order chi connectivity index (χ1) is 7.77. The van der Waals surface area contributed by atoms with Crippen LogP contribution in [0.25, 0.3) is 0 Å². The van der Waals surface area contributed by atoms with Crippen LogP contribution in [0.15, 0.2) is 18.2 Å². The van der Waals surface area contributed by atoms with Gasteiger partial charge < -0.3 is 15.6 Å². The topological polar surface area (TPSA) is 55.5 Å². The van der Waals surface area contributed by atoms with Crippen LogP contribution in [-0.4, -0.2) is 18.3 Å². The van der Waals surface area contributed by atoms with Crippen LogP contribution in [-0.2, 0) is 6.18 Å². The summed E-state index contributed by atoms with van der Waals surface area (Å²) in [4.78, 5) is 0. The van der Waals surface area contributed by atoms with Gasteiger partial charge in [0, 0.05) is 6.04 Å². The third-order valence-electron chi connectivity index (χ3n) is 2.37. The van der Waals surface area contributed by atoms with Crippen molar-refractivity contribution in [3.05, 3.63) is 29.3 Å². The zero-order valence-electron chi connectivity index (χ0n) is 9.45. The highest BCUT2D eigenvalue weighted by Gasteiger charge is 2.35. The largest absolute Gasteiger partial charge is 0.496 e. The molecule has 17 heavy (non-hydrogen) atoms. The number of ether oxygens (including phenoxy) is 1. The van der Waals surface area contributed by atoms with E-state index in [4.69, 9.17) is 5.73 Å². The molecule has 0 aromatic heterocycles. The molecule has 0 saturated carbocycles. The molecule has 0 saturated heterocycles. The van der Waals surface area contributed by atoms with Crippen LogP contribution < -0.4 is 10.5 Å². The molecule has 3 N–H and O–H groups in total. The summed E-state index contributed by atoms with van der Waals surface area (Å²) in [6.07, 6.45) is -5.67. The number of aliphatic hydroxyl groups excluding tert-OH is 1. The smallest absolute Gasteiger partial charge is 0.419 e. The molecule has 0 aliphatic carbocycles. The summed E-state index contributed by atoms with van der Waals surface area (Å²) in [5.74, 6) is -0.280. The molecule has 1 rings (SSSR count). The maximum absolute atomic E-state index is 12.7. The van der Waals surface area contributed by atoms with Gasteiger partial charge in [0.15, 0.2) is 0 Å². The summed E-state index contributed by atoms with van der Waals surface area (Å²) in [5.41, 5.74) is 4.63. The van der Waals surface area contributed by atoms with Gasteiger partial charge in [-0.1, -0.05) is 6.07 Å². The Labute approximate surface area is 97.0 Å². The Hall–Kier alpha value is -1.27. The number of nitrogens with two attached hydrogens (primary N) is 1. The Morgan fingerprint density at radius 3 is 2.35 bits per heavy atom. The summed E-state index contributed by atoms with van der Waals surface area (Å²) >= 11 is 0. The minimum absolute atomic E-state index is 0.119. The normalized spacial score (nSPS) is 15.5. The molecule has 0 bridgehead atoms. The Balaban J connectivity index is 3.23. The summed E-state index contributed by atoms with van der Waals surface area (Å²) < 4.78 is 42.7. The number of benzene rings is 1. The van der Waals surface area contributed by atoms with Gasteiger partial charge in [-0.25, -0.2) is 0 Å². The highest BCUT2D eigenvalue weighted by Crippen LogP contribution is 2.37. The molecule has 0 amide bonds. The highest BCUT2D eigenvalue weighted by molar-refractivity contribution is 5.40. The first-order valence-corrected chi connectivity index (χ1v) is 4.96. The Kier molecular flexibility index (Phi) is 4.00. The van der Waals surface area contributed by atoms with Gasteiger partial charge in [0.1, 0.15) is 5.75 Å². The average molecular weight is 249 g/mol. The highest BCUT2D eigenvalue weighted by atomic mass is 19.4. The molecule has 96 valence electrons. The minimum Gasteiger partial charge on any atom is -0.496 e. The number of aliphatic hydroxyl groups is 1. The van der Waals surface area contributed by atoms with Gasteiger partial charge in [-0.2, -0.15) is 13.2 Å². The Morgan fingerprint density at radius 2 is 1.94 bits per heavy atom. The fourth-order valence-corrected chi connectivity index (χ4v) is 1.43. The van der Waals surface area contributed by atoms with E-state index >= 15 is 0 Å². The van der Waals surface area contributed by atoms with Crippen molar-refractivity contribution < 1.29 is 23.0 Å². The van der Waals surface area contributed by atoms with Gasteiger partial charge in [-0.3, -0.25) is 0 Å². The fraction of sp³-hybridized carbons (Fsp3) is 0.455. The van der Waals surface area contributed by atoms with Crippen LogP contribution in [0.3, 0.4) is 0 Å². The average Bonchev–Trinajstić information content (AvgIpc) is 2.25. The third kappa shape index (κ3) is 3.10. The summed E-state index contributed by atoms with van der Waals surface area (Å²) in [6.45, 7) is 1.52. The first-order valence-electron chi connectivity index (χ1n) is 4.96. The van der Waals surface area contributed by atoms with Crippen molar-refractivity contribution in [3.8, 4) is 5.75 Å². The molecule has 1 aromatic carbocycles. The lowest BCUT2D eigenvalue weighted by molar-refractivity contribution is -0.138. The monoisotopic (exact) mass is 249 g/mol. The molecule has 0 fully saturated rings. The van der Waals surface area contributed by atoms with Crippen molar-refractivity contribution in [1.82, 2.24) is 0 Å². The quantitative estimate of drug-likeness (QED) is 0.862. The van der Waals surface area contributed by atoms with E-state index in [2.05, 4.69) is 4.74 Å². The fourth-order valence-electron chi connectivity index (χ4n) is 1.43. The first kappa shape index (κ1) is 13.8. The lowest BCUT2D eigenvalue weighted by atomic mass is 10.0. The van der Waals surface area contributed by atoms with Gasteiger partial charge in [0.2, 0.25) is 0 Å². The molecule has 0 unspecified atom stereocenters. The lowest BCUT2D eigenvalue weighted by Gasteiger charge is -2.18. The molecule has 6 heteroatoms. The molecule has 0 radical (unpaired) electrons. The zero-order valence-corrected chi connectivity index (χ0v) is 9.45. The number of rotatable bonds is 3. The van der Waals surface area contributed by atoms with Gasteiger partial charge in [0.25, 0.3) is 0 Å². The van der Waals surface area contributed by atoms with E-state index < -0.39 is 23.9 Å². The predicted octanol–water partition coefficient (Wildman–Crippen LogP) is 2.09. The van der Waals surface area contributed by atoms with Crippen LogP contribution in [0, 0.1) is 0 Å². The van der Waals surface area contributed by atoms with E-state index in [1.807, 2.05) is 0 Å². The predicted molar refractivity (Wildman–Crippen MR) is 56.6 cm³/mol. The standard InChI is InChI=1S/C11H14F3NO2/c1-6(15)10(16)7-3-4-9(17-2)8(5-7)11(12,13)14/h3-6,10,16H,15H2,1-2H3/t6-,10-/m1/s1. The van der Waals surface area contributed by atoms with Crippen molar-refractivity contribution in [2.75, 3.05) is 7.11 Å². The third-order valence-corrected chi connectivity index (χ3v) is 2.37. The molecule has 0 aliphatic heterocycles. The molecule has 3 nitrogen and oxygen atoms in total. The van der Waals surface area contributed by atoms with E-state index in [0.29, 0.717) is 0 Å². The number of hydrogen-bond donors (Lipinski definition) is 2. The second-order valence-electron chi connectivity index (χ2n) is 3.76. The van der Waals surface area contributed by atoms with Crippen molar-refractivity contribution in [3.63, 3.8) is 0 Å². The van der Waals surface area contributed by atoms with Gasteiger partial charge in [0.05, 0.1) is 18.8 Å². The minimum atomic E-state index is -4.53. The molecule has 2 atom stereocenters. The van der Waals surface area contributed by atoms with E-state index in [1.54, 1.807) is 0 Å². The number of methoxy groups -OCH3 is 1. The Morgan fingerprint density at radius 1 is 1.35 bits per heavy atom. The Bertz CT molecular complexity index is 391. The van der Waals surface area contributed by atoms with E-state index in [0.717, 1.165) is 13.2 Å². The number of halogens is 3. The van der Waals surface area contributed by atoms with Crippen molar-refractivity contribution >= 4 is 0 Å². The van der Waals surface area contributed by atoms with Crippen molar-refractivity contribution in [2.45, 2.75) is 25.2 Å². The SMILES string of the molecule is COc1ccc([C@H](O)[C@@H](C)N)cc1C(F)(F)F. The summed E-state index contributed by atoms with van der Waals surface area (Å²) in [6, 6.07) is 2.74. The maximum atomic E-state index is 12.7. The molecule has 0 heterocycles. The van der Waals surface area contributed by atoms with Gasteiger partial charge in [-0.15, -0.1) is 0 Å².